The number of hydrogen-bond donors (Lipinski definition) is 2. The summed E-state index contributed by atoms with van der Waals surface area (Å²) in [5, 5.41) is 18.7. The second kappa shape index (κ2) is 6.61. The molecule has 0 aliphatic heterocycles. The van der Waals surface area contributed by atoms with Gasteiger partial charge in [-0.2, -0.15) is 0 Å². The Hall–Kier alpha value is -2.75. The van der Waals surface area contributed by atoms with Gasteiger partial charge in [-0.05, 0) is 42.3 Å². The Morgan fingerprint density at radius 2 is 1.76 bits per heavy atom. The fourth-order valence-corrected chi connectivity index (χ4v) is 1.82. The Morgan fingerprint density at radius 3 is 2.43 bits per heavy atom. The lowest BCUT2D eigenvalue weighted by Crippen LogP contribution is -2.04. The Labute approximate surface area is 122 Å². The van der Waals surface area contributed by atoms with Crippen LogP contribution in [0.5, 0.6) is 11.5 Å². The van der Waals surface area contributed by atoms with Crippen molar-refractivity contribution < 1.29 is 19.7 Å². The quantitative estimate of drug-likeness (QED) is 0.512. The predicted molar refractivity (Wildman–Crippen MR) is 81.1 cm³/mol. The van der Waals surface area contributed by atoms with E-state index in [1.165, 1.54) is 12.1 Å². The molecule has 0 saturated carbocycles. The van der Waals surface area contributed by atoms with Gasteiger partial charge in [-0.1, -0.05) is 30.4 Å². The third-order valence-corrected chi connectivity index (χ3v) is 2.87. The van der Waals surface area contributed by atoms with Crippen LogP contribution in [0.1, 0.15) is 28.4 Å². The Bertz CT molecular complexity index is 674. The lowest BCUT2D eigenvalue weighted by Gasteiger charge is -2.02. The zero-order valence-electron chi connectivity index (χ0n) is 11.6. The molecule has 0 bridgehead atoms. The van der Waals surface area contributed by atoms with Gasteiger partial charge in [0.05, 0.1) is 12.2 Å². The van der Waals surface area contributed by atoms with Crippen LogP contribution >= 0.6 is 0 Å². The number of carbonyl (C=O) groups is 1. The van der Waals surface area contributed by atoms with Gasteiger partial charge in [-0.25, -0.2) is 4.79 Å². The van der Waals surface area contributed by atoms with Crippen LogP contribution in [0.3, 0.4) is 0 Å². The normalized spacial score (nSPS) is 10.7. The molecule has 0 amide bonds. The molecule has 2 aromatic rings. The minimum atomic E-state index is -0.352. The molecule has 2 aromatic carbocycles. The first-order valence-corrected chi connectivity index (χ1v) is 6.57. The van der Waals surface area contributed by atoms with Crippen LogP contribution in [0, 0.1) is 0 Å². The molecule has 0 aromatic heterocycles. The lowest BCUT2D eigenvalue weighted by atomic mass is 10.1. The maximum absolute atomic E-state index is 11.6. The van der Waals surface area contributed by atoms with E-state index in [9.17, 15) is 15.0 Å². The summed E-state index contributed by atoms with van der Waals surface area (Å²) in [5.74, 6) is -0.677. The Kier molecular flexibility index (Phi) is 4.61. The average molecular weight is 284 g/mol. The van der Waals surface area contributed by atoms with Crippen LogP contribution in [0.15, 0.2) is 42.5 Å². The number of phenolic OH excluding ortho intramolecular Hbond substituents is 2. The number of rotatable bonds is 4. The number of hydrogen-bond acceptors (Lipinski definition) is 4. The molecule has 4 nitrogen and oxygen atoms in total. The summed E-state index contributed by atoms with van der Waals surface area (Å²) < 4.78 is 4.95. The van der Waals surface area contributed by atoms with E-state index in [1.807, 2.05) is 12.1 Å². The monoisotopic (exact) mass is 284 g/mol. The van der Waals surface area contributed by atoms with Crippen molar-refractivity contribution in [3.63, 3.8) is 0 Å². The molecule has 0 fully saturated rings. The molecule has 21 heavy (non-hydrogen) atoms. The van der Waals surface area contributed by atoms with Crippen LogP contribution in [0.2, 0.25) is 0 Å². The molecule has 0 spiro atoms. The minimum absolute atomic E-state index is 0.156. The average Bonchev–Trinajstić information content (AvgIpc) is 2.49. The maximum Gasteiger partial charge on any atom is 0.338 e. The lowest BCUT2D eigenvalue weighted by molar-refractivity contribution is 0.0526. The van der Waals surface area contributed by atoms with E-state index in [0.717, 1.165) is 11.1 Å². The standard InChI is InChI=1S/C17H16O4/c1-2-21-17(20)14-5-3-4-12(10-14)6-7-13-8-9-15(18)16(19)11-13/h3-11,18-19H,2H2,1H3/b7-6+. The highest BCUT2D eigenvalue weighted by Gasteiger charge is 2.05. The molecule has 4 heteroatoms. The number of aromatic hydroxyl groups is 2. The summed E-state index contributed by atoms with van der Waals surface area (Å²) in [7, 11) is 0. The number of carbonyl (C=O) groups excluding carboxylic acids is 1. The summed E-state index contributed by atoms with van der Waals surface area (Å²) >= 11 is 0. The first-order chi connectivity index (χ1) is 10.1. The first kappa shape index (κ1) is 14.7. The molecule has 0 unspecified atom stereocenters. The molecule has 0 atom stereocenters. The van der Waals surface area contributed by atoms with E-state index in [-0.39, 0.29) is 17.5 Å². The predicted octanol–water partition coefficient (Wildman–Crippen LogP) is 3.44. The number of esters is 1. The van der Waals surface area contributed by atoms with Gasteiger partial charge in [0.15, 0.2) is 11.5 Å². The molecule has 2 rings (SSSR count). The van der Waals surface area contributed by atoms with Gasteiger partial charge in [-0.15, -0.1) is 0 Å². The van der Waals surface area contributed by atoms with Gasteiger partial charge < -0.3 is 14.9 Å². The highest BCUT2D eigenvalue weighted by molar-refractivity contribution is 5.90. The van der Waals surface area contributed by atoms with Crippen molar-refractivity contribution >= 4 is 18.1 Å². The highest BCUT2D eigenvalue weighted by atomic mass is 16.5. The summed E-state index contributed by atoms with van der Waals surface area (Å²) in [6, 6.07) is 11.6. The summed E-state index contributed by atoms with van der Waals surface area (Å²) in [4.78, 5) is 11.6. The molecular formula is C17H16O4. The summed E-state index contributed by atoms with van der Waals surface area (Å²) in [6.45, 7) is 2.10. The molecule has 0 saturated heterocycles. The van der Waals surface area contributed by atoms with Crippen LogP contribution in [0.25, 0.3) is 12.2 Å². The van der Waals surface area contributed by atoms with E-state index in [4.69, 9.17) is 4.74 Å². The Balaban J connectivity index is 2.19. The molecule has 0 aliphatic carbocycles. The third-order valence-electron chi connectivity index (χ3n) is 2.87. The van der Waals surface area contributed by atoms with E-state index < -0.39 is 0 Å². The Morgan fingerprint density at radius 1 is 1.05 bits per heavy atom. The highest BCUT2D eigenvalue weighted by Crippen LogP contribution is 2.25. The second-order valence-electron chi connectivity index (χ2n) is 4.43. The SMILES string of the molecule is CCOC(=O)c1cccc(/C=C/c2ccc(O)c(O)c2)c1. The van der Waals surface area contributed by atoms with Gasteiger partial charge in [0.2, 0.25) is 0 Å². The molecule has 0 aliphatic rings. The number of phenols is 2. The topological polar surface area (TPSA) is 66.8 Å². The molecule has 108 valence electrons. The van der Waals surface area contributed by atoms with E-state index in [2.05, 4.69) is 0 Å². The van der Waals surface area contributed by atoms with Crippen LogP contribution < -0.4 is 0 Å². The van der Waals surface area contributed by atoms with Crippen molar-refractivity contribution in [1.29, 1.82) is 0 Å². The number of benzene rings is 2. The third kappa shape index (κ3) is 3.86. The summed E-state index contributed by atoms with van der Waals surface area (Å²) in [6.07, 6.45) is 3.60. The van der Waals surface area contributed by atoms with Crippen LogP contribution in [0.4, 0.5) is 0 Å². The van der Waals surface area contributed by atoms with Gasteiger partial charge in [0, 0.05) is 0 Å². The van der Waals surface area contributed by atoms with Crippen LogP contribution in [-0.4, -0.2) is 22.8 Å². The van der Waals surface area contributed by atoms with Crippen LogP contribution in [-0.2, 0) is 4.74 Å². The fraction of sp³-hybridized carbons (Fsp3) is 0.118. The van der Waals surface area contributed by atoms with Crippen molar-refractivity contribution in [2.45, 2.75) is 6.92 Å². The second-order valence-corrected chi connectivity index (χ2v) is 4.43. The first-order valence-electron chi connectivity index (χ1n) is 6.57. The van der Waals surface area contributed by atoms with Crippen molar-refractivity contribution in [1.82, 2.24) is 0 Å². The zero-order chi connectivity index (χ0) is 15.2. The van der Waals surface area contributed by atoms with Gasteiger partial charge >= 0.3 is 5.97 Å². The van der Waals surface area contributed by atoms with Gasteiger partial charge in [0.1, 0.15) is 0 Å². The smallest absolute Gasteiger partial charge is 0.338 e. The van der Waals surface area contributed by atoms with E-state index in [0.29, 0.717) is 12.2 Å². The van der Waals surface area contributed by atoms with Crippen molar-refractivity contribution in [2.75, 3.05) is 6.61 Å². The van der Waals surface area contributed by atoms with Gasteiger partial charge in [0.25, 0.3) is 0 Å². The summed E-state index contributed by atoms with van der Waals surface area (Å²) in [5.41, 5.74) is 2.08. The molecule has 0 heterocycles. The zero-order valence-corrected chi connectivity index (χ0v) is 11.6. The molecule has 2 N–H and O–H groups in total. The van der Waals surface area contributed by atoms with E-state index in [1.54, 1.807) is 37.3 Å². The van der Waals surface area contributed by atoms with Crippen molar-refractivity contribution in [3.05, 3.63) is 59.2 Å². The molecular weight excluding hydrogens is 268 g/mol. The molecule has 0 radical (unpaired) electrons. The largest absolute Gasteiger partial charge is 0.504 e. The minimum Gasteiger partial charge on any atom is -0.504 e. The maximum atomic E-state index is 11.6. The van der Waals surface area contributed by atoms with Gasteiger partial charge in [-0.3, -0.25) is 0 Å². The van der Waals surface area contributed by atoms with Crippen molar-refractivity contribution in [2.24, 2.45) is 0 Å². The fourth-order valence-electron chi connectivity index (χ4n) is 1.82. The van der Waals surface area contributed by atoms with Crippen molar-refractivity contribution in [3.8, 4) is 11.5 Å². The van der Waals surface area contributed by atoms with E-state index >= 15 is 0 Å². The number of ether oxygens (including phenoxy) is 1.